The molecule has 4 rings (SSSR count). The minimum Gasteiger partial charge on any atom is -0.493 e. The number of aromatic amines is 1. The number of carbonyl (C=O) groups is 2. The number of imidazole rings is 1. The van der Waals surface area contributed by atoms with Gasteiger partial charge in [-0.15, -0.1) is 10.2 Å². The molecule has 0 aliphatic heterocycles. The number of aromatic nitrogens is 4. The van der Waals surface area contributed by atoms with Gasteiger partial charge >= 0.3 is 5.69 Å². The van der Waals surface area contributed by atoms with Crippen molar-refractivity contribution in [2.75, 3.05) is 19.0 Å². The molecular formula is C28H32N6O5. The van der Waals surface area contributed by atoms with Gasteiger partial charge in [-0.3, -0.25) is 14.2 Å². The Bertz CT molecular complexity index is 1530. The van der Waals surface area contributed by atoms with E-state index in [2.05, 4.69) is 20.5 Å². The highest BCUT2D eigenvalue weighted by Crippen LogP contribution is 2.27. The first-order chi connectivity index (χ1) is 18.5. The van der Waals surface area contributed by atoms with Crippen LogP contribution in [0, 0.1) is 12.8 Å². The Morgan fingerprint density at radius 1 is 1.13 bits per heavy atom. The highest BCUT2D eigenvalue weighted by molar-refractivity contribution is 5.98. The number of ketones is 1. The molecular weight excluding hydrogens is 500 g/mol. The molecule has 1 amide bonds. The van der Waals surface area contributed by atoms with E-state index in [4.69, 9.17) is 4.42 Å². The summed E-state index contributed by atoms with van der Waals surface area (Å²) in [6, 6.07) is 14.1. The smallest absolute Gasteiger partial charge is 0.329 e. The van der Waals surface area contributed by atoms with Crippen LogP contribution in [0.4, 0.5) is 5.69 Å². The molecule has 2 aromatic carbocycles. The third-order valence-electron chi connectivity index (χ3n) is 6.31. The van der Waals surface area contributed by atoms with Gasteiger partial charge in [0.1, 0.15) is 12.2 Å². The van der Waals surface area contributed by atoms with Crippen LogP contribution in [0.1, 0.15) is 41.6 Å². The van der Waals surface area contributed by atoms with Crippen molar-refractivity contribution in [1.29, 1.82) is 0 Å². The molecule has 0 radical (unpaired) electrons. The predicted molar refractivity (Wildman–Crippen MR) is 146 cm³/mol. The maximum absolute atomic E-state index is 13.2. The van der Waals surface area contributed by atoms with E-state index in [1.807, 2.05) is 62.3 Å². The number of Topliss-reactive ketones (excluding diaryl/α,β-unsaturated/α-hetero) is 1. The van der Waals surface area contributed by atoms with E-state index in [9.17, 15) is 19.5 Å². The summed E-state index contributed by atoms with van der Waals surface area (Å²) in [5, 5.41) is 21.2. The van der Waals surface area contributed by atoms with E-state index < -0.39 is 30.0 Å². The van der Waals surface area contributed by atoms with Gasteiger partial charge in [0.15, 0.2) is 0 Å². The molecule has 0 saturated heterocycles. The second-order valence-electron chi connectivity index (χ2n) is 9.98. The quantitative estimate of drug-likeness (QED) is 0.264. The summed E-state index contributed by atoms with van der Waals surface area (Å²) >= 11 is 0. The zero-order valence-electron chi connectivity index (χ0n) is 22.6. The lowest BCUT2D eigenvalue weighted by molar-refractivity contribution is -0.122. The molecule has 0 spiro atoms. The first-order valence-corrected chi connectivity index (χ1v) is 12.5. The van der Waals surface area contributed by atoms with Gasteiger partial charge in [-0.2, -0.15) is 0 Å². The van der Waals surface area contributed by atoms with Crippen molar-refractivity contribution in [1.82, 2.24) is 25.1 Å². The van der Waals surface area contributed by atoms with Gasteiger partial charge in [0.2, 0.25) is 23.5 Å². The number of carbonyl (C=O) groups excluding carboxylic acids is 2. The summed E-state index contributed by atoms with van der Waals surface area (Å²) in [7, 11) is 3.81. The molecule has 0 unspecified atom stereocenters. The van der Waals surface area contributed by atoms with E-state index in [1.54, 1.807) is 26.0 Å². The fourth-order valence-corrected chi connectivity index (χ4v) is 4.19. The Kier molecular flexibility index (Phi) is 7.99. The van der Waals surface area contributed by atoms with Crippen LogP contribution in [0.25, 0.3) is 11.3 Å². The lowest BCUT2D eigenvalue weighted by Gasteiger charge is -2.19. The number of H-pyrrole nitrogens is 1. The molecule has 4 aromatic rings. The van der Waals surface area contributed by atoms with E-state index in [0.29, 0.717) is 12.0 Å². The molecule has 2 heterocycles. The van der Waals surface area contributed by atoms with Gasteiger partial charge in [-0.25, -0.2) is 4.79 Å². The molecule has 204 valence electrons. The molecule has 1 atom stereocenters. The summed E-state index contributed by atoms with van der Waals surface area (Å²) in [5.74, 6) is -1.77. The number of hydrogen-bond acceptors (Lipinski definition) is 8. The highest BCUT2D eigenvalue weighted by atomic mass is 16.4. The van der Waals surface area contributed by atoms with Crippen LogP contribution in [0.2, 0.25) is 0 Å². The minimum absolute atomic E-state index is 0.196. The number of aromatic hydroxyl groups is 1. The SMILES string of the molecule is Cc1cccc(Cc2nnc(C(=O)[C@@H](NC(=O)Cn3c(O)c(-c4ccc(N(C)C)cc4)[nH]c3=O)C(C)C)o2)c1. The van der Waals surface area contributed by atoms with Crippen LogP contribution in [-0.4, -0.2) is 56.7 Å². The Morgan fingerprint density at radius 2 is 1.85 bits per heavy atom. The maximum Gasteiger partial charge on any atom is 0.329 e. The number of hydrogen-bond donors (Lipinski definition) is 3. The number of nitrogens with one attached hydrogen (secondary N) is 2. The van der Waals surface area contributed by atoms with Crippen LogP contribution < -0.4 is 15.9 Å². The Morgan fingerprint density at radius 3 is 2.49 bits per heavy atom. The molecule has 0 saturated carbocycles. The summed E-state index contributed by atoms with van der Waals surface area (Å²) in [6.07, 6.45) is 0.372. The number of nitrogens with zero attached hydrogens (tertiary/aromatic N) is 4. The van der Waals surface area contributed by atoms with Crippen LogP contribution in [0.3, 0.4) is 0 Å². The molecule has 2 aromatic heterocycles. The lowest BCUT2D eigenvalue weighted by Crippen LogP contribution is -2.46. The number of benzene rings is 2. The van der Waals surface area contributed by atoms with Crippen molar-refractivity contribution in [3.8, 4) is 17.1 Å². The lowest BCUT2D eigenvalue weighted by atomic mass is 9.99. The molecule has 0 aliphatic carbocycles. The summed E-state index contributed by atoms with van der Waals surface area (Å²) < 4.78 is 6.52. The second kappa shape index (κ2) is 11.4. The zero-order chi connectivity index (χ0) is 28.3. The molecule has 0 aliphatic rings. The van der Waals surface area contributed by atoms with Gasteiger partial charge < -0.3 is 24.7 Å². The van der Waals surface area contributed by atoms with Crippen LogP contribution in [0.5, 0.6) is 5.88 Å². The molecule has 11 nitrogen and oxygen atoms in total. The highest BCUT2D eigenvalue weighted by Gasteiger charge is 2.30. The van der Waals surface area contributed by atoms with Gasteiger partial charge in [0.25, 0.3) is 5.89 Å². The van der Waals surface area contributed by atoms with Crippen LogP contribution >= 0.6 is 0 Å². The van der Waals surface area contributed by atoms with E-state index in [0.717, 1.165) is 21.4 Å². The molecule has 0 fully saturated rings. The zero-order valence-corrected chi connectivity index (χ0v) is 22.6. The fraction of sp³-hybridized carbons (Fsp3) is 0.321. The van der Waals surface area contributed by atoms with E-state index >= 15 is 0 Å². The van der Waals surface area contributed by atoms with Crippen molar-refractivity contribution >= 4 is 17.4 Å². The van der Waals surface area contributed by atoms with Gasteiger partial charge in [-0.05, 0) is 30.5 Å². The third kappa shape index (κ3) is 6.25. The standard InChI is InChI=1S/C28H32N6O5/c1-16(2)23(25(36)26-32-31-22(39-26)14-18-8-6-7-17(3)13-18)29-21(35)15-34-27(37)24(30-28(34)38)19-9-11-20(12-10-19)33(4)5/h6-13,16,23,37H,14-15H2,1-5H3,(H,29,35)(H,30,38)/t23-/m0/s1. The third-order valence-corrected chi connectivity index (χ3v) is 6.31. The topological polar surface area (TPSA) is 146 Å². The van der Waals surface area contributed by atoms with Crippen LogP contribution in [-0.2, 0) is 17.8 Å². The average molecular weight is 533 g/mol. The molecule has 0 bridgehead atoms. The van der Waals surface area contributed by atoms with Crippen molar-refractivity contribution in [3.05, 3.63) is 81.9 Å². The monoisotopic (exact) mass is 532 g/mol. The summed E-state index contributed by atoms with van der Waals surface area (Å²) in [4.78, 5) is 43.1. The van der Waals surface area contributed by atoms with Gasteiger partial charge in [0, 0.05) is 25.3 Å². The first kappa shape index (κ1) is 27.4. The Hall–Kier alpha value is -4.67. The summed E-state index contributed by atoms with van der Waals surface area (Å²) in [5.41, 5.74) is 3.14. The van der Waals surface area contributed by atoms with Gasteiger partial charge in [-0.1, -0.05) is 55.8 Å². The minimum atomic E-state index is -0.973. The van der Waals surface area contributed by atoms with E-state index in [1.165, 1.54) is 0 Å². The predicted octanol–water partition coefficient (Wildman–Crippen LogP) is 2.92. The number of rotatable bonds is 10. The Labute approximate surface area is 225 Å². The number of aryl methyl sites for hydroxylation is 1. The maximum atomic E-state index is 13.2. The molecule has 39 heavy (non-hydrogen) atoms. The van der Waals surface area contributed by atoms with Gasteiger partial charge in [0.05, 0.1) is 12.5 Å². The normalized spacial score (nSPS) is 11.9. The average Bonchev–Trinajstić information content (AvgIpc) is 3.46. The molecule has 11 heteroatoms. The van der Waals surface area contributed by atoms with Crippen molar-refractivity contribution in [2.24, 2.45) is 5.92 Å². The molecule has 3 N–H and O–H groups in total. The number of anilines is 1. The number of amides is 1. The summed E-state index contributed by atoms with van der Waals surface area (Å²) in [6.45, 7) is 5.02. The van der Waals surface area contributed by atoms with Crippen LogP contribution in [0.15, 0.2) is 57.7 Å². The second-order valence-corrected chi connectivity index (χ2v) is 9.98. The first-order valence-electron chi connectivity index (χ1n) is 12.5. The largest absolute Gasteiger partial charge is 0.493 e. The van der Waals surface area contributed by atoms with Crippen molar-refractivity contribution in [3.63, 3.8) is 0 Å². The Balaban J connectivity index is 1.46. The van der Waals surface area contributed by atoms with E-state index in [-0.39, 0.29) is 29.3 Å². The fourth-order valence-electron chi connectivity index (χ4n) is 4.19. The van der Waals surface area contributed by atoms with Crippen molar-refractivity contribution in [2.45, 2.75) is 39.8 Å². The van der Waals surface area contributed by atoms with Crippen molar-refractivity contribution < 1.29 is 19.1 Å².